The van der Waals surface area contributed by atoms with Crippen molar-refractivity contribution >= 4 is 17.3 Å². The molecule has 2 N–H and O–H groups in total. The van der Waals surface area contributed by atoms with E-state index in [1.165, 1.54) is 0 Å². The number of nitrogens with two attached hydrogens (primary N) is 1. The minimum absolute atomic E-state index is 0.508. The van der Waals surface area contributed by atoms with Crippen molar-refractivity contribution in [1.82, 2.24) is 4.98 Å². The van der Waals surface area contributed by atoms with Gasteiger partial charge in [0.2, 0.25) is 5.88 Å². The molecule has 2 rings (SSSR count). The van der Waals surface area contributed by atoms with E-state index in [0.717, 1.165) is 5.56 Å². The van der Waals surface area contributed by atoms with Crippen LogP contribution < -0.4 is 10.5 Å². The largest absolute Gasteiger partial charge is 0.439 e. The third-order valence-electron chi connectivity index (χ3n) is 2.14. The Morgan fingerprint density at radius 2 is 2.12 bits per heavy atom. The first-order valence-corrected chi connectivity index (χ1v) is 5.18. The highest BCUT2D eigenvalue weighted by Gasteiger charge is 2.01. The zero-order valence-corrected chi connectivity index (χ0v) is 9.53. The molecule has 3 nitrogen and oxygen atoms in total. The molecule has 0 radical (unpaired) electrons. The highest BCUT2D eigenvalue weighted by molar-refractivity contribution is 6.30. The summed E-state index contributed by atoms with van der Waals surface area (Å²) in [5.41, 5.74) is 7.26. The van der Waals surface area contributed by atoms with Gasteiger partial charge in [0.15, 0.2) is 0 Å². The molecule has 0 fully saturated rings. The maximum Gasteiger partial charge on any atom is 0.219 e. The average Bonchev–Trinajstić information content (AvgIpc) is 2.24. The van der Waals surface area contributed by atoms with Crippen molar-refractivity contribution in [2.75, 3.05) is 5.73 Å². The number of hydrogen-bond acceptors (Lipinski definition) is 3. The lowest BCUT2D eigenvalue weighted by atomic mass is 10.2. The van der Waals surface area contributed by atoms with Crippen LogP contribution in [0.3, 0.4) is 0 Å². The molecule has 2 aromatic rings. The van der Waals surface area contributed by atoms with Crippen molar-refractivity contribution in [2.24, 2.45) is 0 Å². The first-order chi connectivity index (χ1) is 7.65. The Bertz CT molecular complexity index is 514. The minimum Gasteiger partial charge on any atom is -0.439 e. The van der Waals surface area contributed by atoms with Gasteiger partial charge in [0.1, 0.15) is 5.75 Å². The monoisotopic (exact) mass is 234 g/mol. The summed E-state index contributed by atoms with van der Waals surface area (Å²) in [7, 11) is 0. The smallest absolute Gasteiger partial charge is 0.219 e. The lowest BCUT2D eigenvalue weighted by molar-refractivity contribution is 0.463. The van der Waals surface area contributed by atoms with Crippen LogP contribution in [0, 0.1) is 6.92 Å². The number of nitrogens with zero attached hydrogens (tertiary/aromatic N) is 1. The van der Waals surface area contributed by atoms with Crippen LogP contribution in [0.15, 0.2) is 36.5 Å². The molecule has 0 aliphatic carbocycles. The van der Waals surface area contributed by atoms with Gasteiger partial charge in [0, 0.05) is 11.1 Å². The number of hydrogen-bond donors (Lipinski definition) is 1. The maximum atomic E-state index is 5.85. The molecule has 16 heavy (non-hydrogen) atoms. The maximum absolute atomic E-state index is 5.85. The van der Waals surface area contributed by atoms with Gasteiger partial charge in [-0.1, -0.05) is 17.7 Å². The summed E-state index contributed by atoms with van der Waals surface area (Å²) in [5.74, 6) is 1.16. The van der Waals surface area contributed by atoms with Crippen molar-refractivity contribution < 1.29 is 4.74 Å². The number of pyridine rings is 1. The van der Waals surface area contributed by atoms with E-state index < -0.39 is 0 Å². The number of aryl methyl sites for hydroxylation is 1. The first-order valence-electron chi connectivity index (χ1n) is 4.81. The van der Waals surface area contributed by atoms with Gasteiger partial charge in [0.25, 0.3) is 0 Å². The molecular formula is C12H11ClN2O. The number of ether oxygens (including phenoxy) is 1. The second-order valence-corrected chi connectivity index (χ2v) is 3.88. The van der Waals surface area contributed by atoms with Crippen molar-refractivity contribution in [3.8, 4) is 11.6 Å². The Hall–Kier alpha value is -1.74. The minimum atomic E-state index is 0.508. The molecule has 0 spiro atoms. The predicted octanol–water partition coefficient (Wildman–Crippen LogP) is 3.42. The van der Waals surface area contributed by atoms with Gasteiger partial charge in [-0.3, -0.25) is 0 Å². The predicted molar refractivity (Wildman–Crippen MR) is 64.9 cm³/mol. The van der Waals surface area contributed by atoms with Gasteiger partial charge in [-0.2, -0.15) is 0 Å². The molecule has 0 unspecified atom stereocenters. The van der Waals surface area contributed by atoms with Crippen molar-refractivity contribution in [2.45, 2.75) is 6.92 Å². The number of rotatable bonds is 2. The topological polar surface area (TPSA) is 48.1 Å². The van der Waals surface area contributed by atoms with Gasteiger partial charge in [-0.05, 0) is 30.7 Å². The number of aromatic nitrogens is 1. The van der Waals surface area contributed by atoms with Gasteiger partial charge >= 0.3 is 0 Å². The fraction of sp³-hybridized carbons (Fsp3) is 0.0833. The van der Waals surface area contributed by atoms with Crippen LogP contribution in [-0.2, 0) is 0 Å². The second kappa shape index (κ2) is 4.41. The van der Waals surface area contributed by atoms with E-state index in [1.807, 2.05) is 19.1 Å². The van der Waals surface area contributed by atoms with E-state index in [1.54, 1.807) is 24.4 Å². The Balaban J connectivity index is 2.24. The molecule has 0 aliphatic heterocycles. The van der Waals surface area contributed by atoms with Crippen molar-refractivity contribution in [3.63, 3.8) is 0 Å². The van der Waals surface area contributed by atoms with E-state index in [0.29, 0.717) is 22.3 Å². The van der Waals surface area contributed by atoms with E-state index >= 15 is 0 Å². The second-order valence-electron chi connectivity index (χ2n) is 3.44. The highest BCUT2D eigenvalue weighted by atomic mass is 35.5. The van der Waals surface area contributed by atoms with Crippen LogP contribution in [0.25, 0.3) is 0 Å². The van der Waals surface area contributed by atoms with Crippen LogP contribution in [0.5, 0.6) is 11.6 Å². The number of halogens is 1. The van der Waals surface area contributed by atoms with E-state index in [2.05, 4.69) is 4.98 Å². The fourth-order valence-corrected chi connectivity index (χ4v) is 1.43. The lowest BCUT2D eigenvalue weighted by Crippen LogP contribution is -1.93. The number of nitrogen functional groups attached to an aromatic ring is 1. The van der Waals surface area contributed by atoms with Crippen LogP contribution >= 0.6 is 11.6 Å². The molecular weight excluding hydrogens is 224 g/mol. The molecule has 0 amide bonds. The molecule has 1 heterocycles. The SMILES string of the molecule is Cc1cc(Oc2cccc(Cl)c2)ncc1N. The standard InChI is InChI=1S/C12H11ClN2O/c1-8-5-12(15-7-11(8)14)16-10-4-2-3-9(13)6-10/h2-7H,14H2,1H3. The summed E-state index contributed by atoms with van der Waals surface area (Å²) < 4.78 is 5.54. The van der Waals surface area contributed by atoms with Gasteiger partial charge in [-0.25, -0.2) is 4.98 Å². The van der Waals surface area contributed by atoms with Crippen LogP contribution in [0.2, 0.25) is 5.02 Å². The van der Waals surface area contributed by atoms with E-state index in [4.69, 9.17) is 22.1 Å². The van der Waals surface area contributed by atoms with Crippen molar-refractivity contribution in [3.05, 3.63) is 47.1 Å². The molecule has 0 saturated carbocycles. The summed E-state index contributed by atoms with van der Waals surface area (Å²) in [5, 5.41) is 0.629. The molecule has 0 bridgehead atoms. The van der Waals surface area contributed by atoms with Crippen molar-refractivity contribution in [1.29, 1.82) is 0 Å². The van der Waals surface area contributed by atoms with E-state index in [-0.39, 0.29) is 0 Å². The summed E-state index contributed by atoms with van der Waals surface area (Å²) in [6.45, 7) is 1.90. The van der Waals surface area contributed by atoms with Gasteiger partial charge in [0.05, 0.1) is 11.9 Å². The van der Waals surface area contributed by atoms with Gasteiger partial charge in [-0.15, -0.1) is 0 Å². The summed E-state index contributed by atoms with van der Waals surface area (Å²) in [6.07, 6.45) is 1.58. The highest BCUT2D eigenvalue weighted by Crippen LogP contribution is 2.24. The van der Waals surface area contributed by atoms with Gasteiger partial charge < -0.3 is 10.5 Å². The molecule has 0 aliphatic rings. The molecule has 82 valence electrons. The summed E-state index contributed by atoms with van der Waals surface area (Å²) in [4.78, 5) is 4.07. The number of benzene rings is 1. The first kappa shape index (κ1) is 10.8. The van der Waals surface area contributed by atoms with Crippen LogP contribution in [-0.4, -0.2) is 4.98 Å². The third kappa shape index (κ3) is 2.44. The number of anilines is 1. The third-order valence-corrected chi connectivity index (χ3v) is 2.38. The Kier molecular flexibility index (Phi) is 2.97. The Morgan fingerprint density at radius 3 is 2.81 bits per heavy atom. The van der Waals surface area contributed by atoms with Crippen LogP contribution in [0.4, 0.5) is 5.69 Å². The van der Waals surface area contributed by atoms with Crippen LogP contribution in [0.1, 0.15) is 5.56 Å². The molecule has 4 heteroatoms. The normalized spacial score (nSPS) is 10.1. The zero-order chi connectivity index (χ0) is 11.5. The lowest BCUT2D eigenvalue weighted by Gasteiger charge is -2.06. The average molecular weight is 235 g/mol. The zero-order valence-electron chi connectivity index (χ0n) is 8.77. The van der Waals surface area contributed by atoms with E-state index in [9.17, 15) is 0 Å². The quantitative estimate of drug-likeness (QED) is 0.866. The summed E-state index contributed by atoms with van der Waals surface area (Å²) in [6, 6.07) is 8.95. The molecule has 0 atom stereocenters. The molecule has 1 aromatic carbocycles. The molecule has 1 aromatic heterocycles. The summed E-state index contributed by atoms with van der Waals surface area (Å²) >= 11 is 5.85. The Morgan fingerprint density at radius 1 is 1.31 bits per heavy atom. The molecule has 0 saturated heterocycles. The Labute approximate surface area is 98.8 Å². The fourth-order valence-electron chi connectivity index (χ4n) is 1.25.